The van der Waals surface area contributed by atoms with Gasteiger partial charge in [-0.1, -0.05) is 0 Å². The molecule has 0 radical (unpaired) electrons. The Morgan fingerprint density at radius 1 is 1.50 bits per heavy atom. The van der Waals surface area contributed by atoms with Crippen molar-refractivity contribution >= 4 is 11.9 Å². The summed E-state index contributed by atoms with van der Waals surface area (Å²) >= 11 is 0. The zero-order chi connectivity index (χ0) is 12.0. The van der Waals surface area contributed by atoms with Crippen LogP contribution in [0.4, 0.5) is 0 Å². The molecule has 2 N–H and O–H groups in total. The number of aliphatic carboxylic acids is 1. The van der Waals surface area contributed by atoms with Crippen LogP contribution in [0.1, 0.15) is 26.2 Å². The van der Waals surface area contributed by atoms with Gasteiger partial charge in [-0.3, -0.25) is 14.5 Å². The van der Waals surface area contributed by atoms with Gasteiger partial charge in [-0.05, 0) is 32.2 Å². The van der Waals surface area contributed by atoms with Crippen molar-refractivity contribution in [3.8, 4) is 0 Å². The molecule has 0 aliphatic carbocycles. The van der Waals surface area contributed by atoms with Gasteiger partial charge < -0.3 is 10.4 Å². The molecule has 0 saturated carbocycles. The second kappa shape index (κ2) is 6.48. The Morgan fingerprint density at radius 3 is 2.88 bits per heavy atom. The minimum absolute atomic E-state index is 0.0264. The van der Waals surface area contributed by atoms with Crippen molar-refractivity contribution in [2.24, 2.45) is 5.92 Å². The van der Waals surface area contributed by atoms with Crippen LogP contribution in [0.2, 0.25) is 0 Å². The first kappa shape index (κ1) is 13.0. The van der Waals surface area contributed by atoms with Crippen molar-refractivity contribution in [2.75, 3.05) is 26.2 Å². The van der Waals surface area contributed by atoms with Crippen molar-refractivity contribution < 1.29 is 14.7 Å². The number of likely N-dealkylation sites (tertiary alicyclic amines) is 1. The van der Waals surface area contributed by atoms with Crippen molar-refractivity contribution in [3.05, 3.63) is 0 Å². The van der Waals surface area contributed by atoms with Crippen molar-refractivity contribution in [1.29, 1.82) is 0 Å². The van der Waals surface area contributed by atoms with Crippen LogP contribution in [0.25, 0.3) is 0 Å². The fraction of sp³-hybridized carbons (Fsp3) is 0.818. The molecule has 92 valence electrons. The van der Waals surface area contributed by atoms with Gasteiger partial charge in [0.15, 0.2) is 0 Å². The molecule has 1 atom stereocenters. The summed E-state index contributed by atoms with van der Waals surface area (Å²) in [5.41, 5.74) is 0. The summed E-state index contributed by atoms with van der Waals surface area (Å²) in [7, 11) is 0. The minimum atomic E-state index is -0.746. The van der Waals surface area contributed by atoms with Gasteiger partial charge in [-0.2, -0.15) is 0 Å². The molecule has 1 aliphatic rings. The number of likely N-dealkylation sites (N-methyl/N-ethyl adjacent to an activating group) is 1. The van der Waals surface area contributed by atoms with E-state index in [1.807, 2.05) is 11.8 Å². The minimum Gasteiger partial charge on any atom is -0.481 e. The van der Waals surface area contributed by atoms with E-state index >= 15 is 0 Å². The molecule has 0 aromatic rings. The maximum absolute atomic E-state index is 11.4. The van der Waals surface area contributed by atoms with Crippen LogP contribution in [0.15, 0.2) is 0 Å². The van der Waals surface area contributed by atoms with Crippen LogP contribution in [0, 0.1) is 5.92 Å². The zero-order valence-corrected chi connectivity index (χ0v) is 9.74. The number of nitrogens with zero attached hydrogens (tertiary/aromatic N) is 1. The molecule has 1 amide bonds. The van der Waals surface area contributed by atoms with Crippen LogP contribution in [0.3, 0.4) is 0 Å². The maximum Gasteiger partial charge on any atom is 0.303 e. The number of carboxylic acids is 1. The van der Waals surface area contributed by atoms with Crippen molar-refractivity contribution in [2.45, 2.75) is 26.2 Å². The smallest absolute Gasteiger partial charge is 0.303 e. The molecule has 1 heterocycles. The highest BCUT2D eigenvalue weighted by molar-refractivity contribution is 5.77. The SMILES string of the molecule is CCNC(=O)CN1CCCC(CC(=O)O)C1. The lowest BCUT2D eigenvalue weighted by atomic mass is 9.95. The van der Waals surface area contributed by atoms with E-state index in [1.54, 1.807) is 0 Å². The number of amides is 1. The predicted molar refractivity (Wildman–Crippen MR) is 60.1 cm³/mol. The fourth-order valence-corrected chi connectivity index (χ4v) is 2.16. The monoisotopic (exact) mass is 228 g/mol. The third kappa shape index (κ3) is 4.61. The number of nitrogens with one attached hydrogen (secondary N) is 1. The molecule has 0 bridgehead atoms. The molecule has 1 rings (SSSR count). The first-order valence-electron chi connectivity index (χ1n) is 5.82. The predicted octanol–water partition coefficient (Wildman–Crippen LogP) is 0.309. The second-order valence-corrected chi connectivity index (χ2v) is 4.29. The van der Waals surface area contributed by atoms with Gasteiger partial charge in [0.25, 0.3) is 0 Å². The summed E-state index contributed by atoms with van der Waals surface area (Å²) in [5.74, 6) is -0.524. The summed E-state index contributed by atoms with van der Waals surface area (Å²) in [6, 6.07) is 0. The molecular weight excluding hydrogens is 208 g/mol. The standard InChI is InChI=1S/C11H20N2O3/c1-2-12-10(14)8-13-5-3-4-9(7-13)6-11(15)16/h9H,2-8H2,1H3,(H,12,14)(H,15,16). The number of carboxylic acid groups (broad SMARTS) is 1. The van der Waals surface area contributed by atoms with E-state index in [1.165, 1.54) is 0 Å². The largest absolute Gasteiger partial charge is 0.481 e. The molecule has 1 saturated heterocycles. The van der Waals surface area contributed by atoms with E-state index < -0.39 is 5.97 Å². The average molecular weight is 228 g/mol. The third-order valence-electron chi connectivity index (χ3n) is 2.81. The first-order valence-corrected chi connectivity index (χ1v) is 5.82. The maximum atomic E-state index is 11.4. The number of piperidine rings is 1. The molecule has 1 aliphatic heterocycles. The van der Waals surface area contributed by atoms with Crippen LogP contribution in [0.5, 0.6) is 0 Å². The Bertz CT molecular complexity index is 256. The van der Waals surface area contributed by atoms with Crippen molar-refractivity contribution in [3.63, 3.8) is 0 Å². The van der Waals surface area contributed by atoms with E-state index in [-0.39, 0.29) is 18.2 Å². The van der Waals surface area contributed by atoms with Gasteiger partial charge in [-0.25, -0.2) is 0 Å². The molecule has 1 unspecified atom stereocenters. The quantitative estimate of drug-likeness (QED) is 0.710. The third-order valence-corrected chi connectivity index (χ3v) is 2.81. The molecule has 16 heavy (non-hydrogen) atoms. The van der Waals surface area contributed by atoms with E-state index in [4.69, 9.17) is 5.11 Å². The normalized spacial score (nSPS) is 21.7. The molecular formula is C11H20N2O3. The fourth-order valence-electron chi connectivity index (χ4n) is 2.16. The van der Waals surface area contributed by atoms with Gasteiger partial charge in [0, 0.05) is 19.5 Å². The van der Waals surface area contributed by atoms with E-state index in [0.717, 1.165) is 25.9 Å². The van der Waals surface area contributed by atoms with Gasteiger partial charge in [0.2, 0.25) is 5.91 Å². The van der Waals surface area contributed by atoms with Gasteiger partial charge in [-0.15, -0.1) is 0 Å². The zero-order valence-electron chi connectivity index (χ0n) is 9.74. The summed E-state index contributed by atoms with van der Waals surface area (Å²) in [6.45, 7) is 4.55. The topological polar surface area (TPSA) is 69.6 Å². The van der Waals surface area contributed by atoms with Gasteiger partial charge in [0.1, 0.15) is 0 Å². The number of carbonyl (C=O) groups is 2. The van der Waals surface area contributed by atoms with Gasteiger partial charge >= 0.3 is 5.97 Å². The molecule has 0 aromatic heterocycles. The Labute approximate surface area is 95.8 Å². The van der Waals surface area contributed by atoms with Crippen LogP contribution in [-0.4, -0.2) is 48.1 Å². The lowest BCUT2D eigenvalue weighted by Gasteiger charge is -2.31. The summed E-state index contributed by atoms with van der Waals surface area (Å²) in [4.78, 5) is 24.0. The number of hydrogen-bond donors (Lipinski definition) is 2. The second-order valence-electron chi connectivity index (χ2n) is 4.29. The molecule has 1 fully saturated rings. The lowest BCUT2D eigenvalue weighted by Crippen LogP contribution is -2.42. The lowest BCUT2D eigenvalue weighted by molar-refractivity contribution is -0.138. The van der Waals surface area contributed by atoms with E-state index in [2.05, 4.69) is 5.32 Å². The Hall–Kier alpha value is -1.10. The Balaban J connectivity index is 2.32. The number of hydrogen-bond acceptors (Lipinski definition) is 3. The Kier molecular flexibility index (Phi) is 5.25. The van der Waals surface area contributed by atoms with Crippen molar-refractivity contribution in [1.82, 2.24) is 10.2 Å². The highest BCUT2D eigenvalue weighted by atomic mass is 16.4. The summed E-state index contributed by atoms with van der Waals surface area (Å²) in [6.07, 6.45) is 2.15. The highest BCUT2D eigenvalue weighted by Crippen LogP contribution is 2.19. The molecule has 5 nitrogen and oxygen atoms in total. The molecule has 0 spiro atoms. The highest BCUT2D eigenvalue weighted by Gasteiger charge is 2.23. The summed E-state index contributed by atoms with van der Waals surface area (Å²) < 4.78 is 0. The number of carbonyl (C=O) groups excluding carboxylic acids is 1. The molecule has 0 aromatic carbocycles. The van der Waals surface area contributed by atoms with Gasteiger partial charge in [0.05, 0.1) is 6.54 Å². The molecule has 5 heteroatoms. The Morgan fingerprint density at radius 2 is 2.25 bits per heavy atom. The number of rotatable bonds is 5. The average Bonchev–Trinajstić information content (AvgIpc) is 2.17. The van der Waals surface area contributed by atoms with Crippen LogP contribution in [-0.2, 0) is 9.59 Å². The van der Waals surface area contributed by atoms with E-state index in [9.17, 15) is 9.59 Å². The van der Waals surface area contributed by atoms with Crippen LogP contribution >= 0.6 is 0 Å². The van der Waals surface area contributed by atoms with E-state index in [0.29, 0.717) is 13.1 Å². The first-order chi connectivity index (χ1) is 7.61. The van der Waals surface area contributed by atoms with Crippen LogP contribution < -0.4 is 5.32 Å². The summed E-state index contributed by atoms with van der Waals surface area (Å²) in [5, 5.41) is 11.5.